The van der Waals surface area contributed by atoms with E-state index in [1.165, 1.54) is 11.4 Å². The van der Waals surface area contributed by atoms with Crippen molar-refractivity contribution in [2.45, 2.75) is 18.3 Å². The summed E-state index contributed by atoms with van der Waals surface area (Å²) < 4.78 is 0. The van der Waals surface area contributed by atoms with Gasteiger partial charge in [-0.1, -0.05) is 0 Å². The van der Waals surface area contributed by atoms with E-state index in [9.17, 15) is 0 Å². The number of halogens is 2. The third-order valence-corrected chi connectivity index (χ3v) is 7.39. The number of rotatable bonds is 2. The van der Waals surface area contributed by atoms with Gasteiger partial charge in [-0.2, -0.15) is 0 Å². The average Bonchev–Trinajstić information content (AvgIpc) is 1.35. The molecule has 0 aliphatic heterocycles. The summed E-state index contributed by atoms with van der Waals surface area (Å²) in [5.41, 5.74) is 0. The van der Waals surface area contributed by atoms with Gasteiger partial charge in [-0.05, 0) is 0 Å². The molecule has 0 aromatic carbocycles. The maximum atomic E-state index is 3.54. The van der Waals surface area contributed by atoms with Gasteiger partial charge in [-0.3, -0.25) is 0 Å². The van der Waals surface area contributed by atoms with Crippen molar-refractivity contribution in [1.82, 2.24) is 0 Å². The van der Waals surface area contributed by atoms with Gasteiger partial charge >= 0.3 is 57.7 Å². The van der Waals surface area contributed by atoms with Crippen molar-refractivity contribution in [2.24, 2.45) is 0 Å². The van der Waals surface area contributed by atoms with Gasteiger partial charge in [0.05, 0.1) is 0 Å². The molecule has 0 fully saturated rings. The Bertz CT molecular complexity index is 30.0. The first kappa shape index (κ1) is 7.60. The van der Waals surface area contributed by atoms with E-state index >= 15 is 0 Å². The van der Waals surface area contributed by atoms with Crippen LogP contribution in [0.3, 0.4) is 0 Å². The van der Waals surface area contributed by atoms with Crippen LogP contribution in [0.25, 0.3) is 0 Å². The number of hydrogen-bond donors (Lipinski definition) is 0. The molecule has 6 heavy (non-hydrogen) atoms. The molecule has 0 saturated heterocycles. The third-order valence-electron chi connectivity index (χ3n) is 0.507. The standard InChI is InChI=1S/C3H7.2BrH.Ga/c1-3-2;;;/h1,3H2,2H3;2*1H;/q;;;+2/p-2. The molecule has 0 bridgehead atoms. The molecule has 0 saturated carbocycles. The van der Waals surface area contributed by atoms with E-state index in [1.807, 2.05) is 0 Å². The van der Waals surface area contributed by atoms with Gasteiger partial charge in [-0.15, -0.1) is 0 Å². The van der Waals surface area contributed by atoms with Gasteiger partial charge in [0.1, 0.15) is 0 Å². The number of hydrogen-bond acceptors (Lipinski definition) is 0. The molecule has 0 aromatic rings. The monoisotopic (exact) mass is 270 g/mol. The molecule has 36 valence electrons. The molecule has 3 heteroatoms. The van der Waals surface area contributed by atoms with Gasteiger partial charge in [0, 0.05) is 0 Å². The summed E-state index contributed by atoms with van der Waals surface area (Å²) >= 11 is 6.16. The minimum atomic E-state index is -0.920. The molecular weight excluding hydrogens is 266 g/mol. The molecule has 0 N–H and O–H groups in total. The first-order valence-electron chi connectivity index (χ1n) is 2.05. The SMILES string of the molecule is CC[CH2][Ga]([Br])[Br]. The Kier molecular flexibility index (Phi) is 6.01. The Hall–Kier alpha value is 1.60. The van der Waals surface area contributed by atoms with Crippen LogP contribution < -0.4 is 0 Å². The van der Waals surface area contributed by atoms with E-state index in [2.05, 4.69) is 34.0 Å². The van der Waals surface area contributed by atoms with Crippen molar-refractivity contribution in [1.29, 1.82) is 0 Å². The van der Waals surface area contributed by atoms with E-state index in [1.54, 1.807) is 0 Å². The molecule has 0 nitrogen and oxygen atoms in total. The summed E-state index contributed by atoms with van der Waals surface area (Å²) in [7, 11) is 0. The van der Waals surface area contributed by atoms with Gasteiger partial charge in [0.25, 0.3) is 0 Å². The molecule has 0 amide bonds. The van der Waals surface area contributed by atoms with Crippen LogP contribution in [0, 0.1) is 0 Å². The van der Waals surface area contributed by atoms with E-state index in [0.29, 0.717) is 0 Å². The molecule has 0 unspecified atom stereocenters. The van der Waals surface area contributed by atoms with Crippen molar-refractivity contribution in [2.75, 3.05) is 0 Å². The van der Waals surface area contributed by atoms with E-state index in [-0.39, 0.29) is 0 Å². The van der Waals surface area contributed by atoms with Crippen molar-refractivity contribution in [3.05, 3.63) is 0 Å². The Morgan fingerprint density at radius 3 is 2.00 bits per heavy atom. The molecular formula is C3H7Br2Ga. The maximum absolute atomic E-state index is 3.54. The Labute approximate surface area is 57.4 Å². The van der Waals surface area contributed by atoms with Gasteiger partial charge < -0.3 is 0 Å². The van der Waals surface area contributed by atoms with Crippen LogP contribution in [0.2, 0.25) is 4.98 Å². The van der Waals surface area contributed by atoms with Crippen molar-refractivity contribution < 1.29 is 0 Å². The summed E-state index contributed by atoms with van der Waals surface area (Å²) in [6.45, 7) is 2.21. The normalized spacial score (nSPS) is 8.50. The van der Waals surface area contributed by atoms with Crippen LogP contribution in [-0.4, -0.2) is 12.3 Å². The van der Waals surface area contributed by atoms with Gasteiger partial charge in [-0.25, -0.2) is 0 Å². The zero-order chi connectivity index (χ0) is 4.99. The molecule has 0 spiro atoms. The van der Waals surface area contributed by atoms with Crippen molar-refractivity contribution in [3.63, 3.8) is 0 Å². The first-order chi connectivity index (χ1) is 2.77. The van der Waals surface area contributed by atoms with Gasteiger partial charge in [0.15, 0.2) is 0 Å². The minimum absolute atomic E-state index is 0.920. The van der Waals surface area contributed by atoms with Crippen LogP contribution in [0.5, 0.6) is 0 Å². The molecule has 0 atom stereocenters. The van der Waals surface area contributed by atoms with Crippen LogP contribution in [-0.2, 0) is 0 Å². The summed E-state index contributed by atoms with van der Waals surface area (Å²) in [6.07, 6.45) is 1.32. The summed E-state index contributed by atoms with van der Waals surface area (Å²) in [4.78, 5) is 1.40. The fourth-order valence-corrected chi connectivity index (χ4v) is 5.89. The zero-order valence-corrected chi connectivity index (χ0v) is 9.34. The molecule has 0 rings (SSSR count). The topological polar surface area (TPSA) is 0 Å². The first-order valence-corrected chi connectivity index (χ1v) is 15.1. The third kappa shape index (κ3) is 5.60. The fourth-order valence-electron chi connectivity index (χ4n) is 0.218. The molecule has 0 radical (unpaired) electrons. The zero-order valence-electron chi connectivity index (χ0n) is 3.75. The summed E-state index contributed by atoms with van der Waals surface area (Å²) in [6, 6.07) is 0. The van der Waals surface area contributed by atoms with E-state index in [4.69, 9.17) is 0 Å². The Balaban J connectivity index is 2.63. The van der Waals surface area contributed by atoms with Crippen LogP contribution >= 0.6 is 27.1 Å². The fraction of sp³-hybridized carbons (Fsp3) is 1.00. The predicted octanol–water partition coefficient (Wildman–Crippen LogP) is 2.67. The summed E-state index contributed by atoms with van der Waals surface area (Å²) in [5, 5.41) is 0. The molecule has 0 aliphatic carbocycles. The molecule has 0 heterocycles. The average molecular weight is 273 g/mol. The Morgan fingerprint density at radius 2 is 2.00 bits per heavy atom. The van der Waals surface area contributed by atoms with Crippen molar-refractivity contribution >= 4 is 39.4 Å². The van der Waals surface area contributed by atoms with E-state index in [0.717, 1.165) is 0 Å². The van der Waals surface area contributed by atoms with Crippen molar-refractivity contribution in [3.8, 4) is 0 Å². The van der Waals surface area contributed by atoms with Crippen LogP contribution in [0.4, 0.5) is 0 Å². The van der Waals surface area contributed by atoms with Crippen LogP contribution in [0.15, 0.2) is 0 Å². The molecule has 0 aromatic heterocycles. The predicted molar refractivity (Wildman–Crippen MR) is 38.7 cm³/mol. The Morgan fingerprint density at radius 1 is 1.50 bits per heavy atom. The second kappa shape index (κ2) is 4.75. The van der Waals surface area contributed by atoms with Gasteiger partial charge in [0.2, 0.25) is 0 Å². The van der Waals surface area contributed by atoms with E-state index < -0.39 is 12.3 Å². The second-order valence-electron chi connectivity index (χ2n) is 1.18. The van der Waals surface area contributed by atoms with Crippen LogP contribution in [0.1, 0.15) is 13.3 Å². The quantitative estimate of drug-likeness (QED) is 0.678. The second-order valence-corrected chi connectivity index (χ2v) is 21.9. The molecule has 0 aliphatic rings. The summed E-state index contributed by atoms with van der Waals surface area (Å²) in [5.74, 6) is 0.